The van der Waals surface area contributed by atoms with Crippen LogP contribution in [0.15, 0.2) is 18.2 Å². The first-order chi connectivity index (χ1) is 17.3. The topological polar surface area (TPSA) is 100.0 Å². The largest absolute Gasteiger partial charge is 0.342 e. The van der Waals surface area contributed by atoms with Gasteiger partial charge in [0.2, 0.25) is 17.7 Å². The second-order valence-electron chi connectivity index (χ2n) is 10.1. The zero-order chi connectivity index (χ0) is 25.8. The fraction of sp³-hybridized carbons (Fsp3) is 0.615. The van der Waals surface area contributed by atoms with Crippen LogP contribution >= 0.6 is 11.6 Å². The van der Waals surface area contributed by atoms with Crippen LogP contribution in [0.4, 0.5) is 0 Å². The number of nitriles is 1. The van der Waals surface area contributed by atoms with E-state index in [0.717, 1.165) is 57.4 Å². The minimum Gasteiger partial charge on any atom is -0.342 e. The van der Waals surface area contributed by atoms with Crippen molar-refractivity contribution in [2.45, 2.75) is 51.2 Å². The molecule has 10 heteroatoms. The highest BCUT2D eigenvalue weighted by Gasteiger charge is 2.42. The maximum absolute atomic E-state index is 13.4. The first kappa shape index (κ1) is 26.4. The highest BCUT2D eigenvalue weighted by atomic mass is 35.5. The number of nitrogens with one attached hydrogen (secondary N) is 1. The van der Waals surface area contributed by atoms with Gasteiger partial charge in [-0.3, -0.25) is 24.6 Å². The molecule has 1 N–H and O–H groups in total. The molecular weight excluding hydrogens is 480 g/mol. The molecule has 9 nitrogen and oxygen atoms in total. The van der Waals surface area contributed by atoms with Crippen LogP contribution in [0, 0.1) is 17.2 Å². The zero-order valence-electron chi connectivity index (χ0n) is 21.1. The molecule has 3 fully saturated rings. The maximum atomic E-state index is 13.4. The number of amides is 3. The molecule has 3 unspecified atom stereocenters. The Hall–Kier alpha value is -2.67. The average molecular weight is 515 g/mol. The summed E-state index contributed by atoms with van der Waals surface area (Å²) in [6.07, 6.45) is 3.71. The summed E-state index contributed by atoms with van der Waals surface area (Å²) < 4.78 is 0. The van der Waals surface area contributed by atoms with E-state index in [1.165, 1.54) is 0 Å². The van der Waals surface area contributed by atoms with E-state index in [1.807, 2.05) is 11.0 Å². The van der Waals surface area contributed by atoms with Gasteiger partial charge in [-0.1, -0.05) is 17.7 Å². The Bertz CT molecular complexity index is 1040. The van der Waals surface area contributed by atoms with Gasteiger partial charge in [0, 0.05) is 58.8 Å². The van der Waals surface area contributed by atoms with Crippen LogP contribution in [0.1, 0.15) is 43.7 Å². The fourth-order valence-electron chi connectivity index (χ4n) is 5.68. The summed E-state index contributed by atoms with van der Waals surface area (Å²) in [5.74, 6) is -0.111. The van der Waals surface area contributed by atoms with Crippen molar-refractivity contribution >= 4 is 29.3 Å². The first-order valence-corrected chi connectivity index (χ1v) is 13.1. The number of halogens is 1. The van der Waals surface area contributed by atoms with E-state index in [1.54, 1.807) is 42.0 Å². The van der Waals surface area contributed by atoms with E-state index in [-0.39, 0.29) is 36.2 Å². The second kappa shape index (κ2) is 11.6. The van der Waals surface area contributed by atoms with Crippen molar-refractivity contribution < 1.29 is 14.4 Å². The van der Waals surface area contributed by atoms with Gasteiger partial charge in [-0.2, -0.15) is 5.26 Å². The molecular formula is C26H35ClN6O3. The smallest absolute Gasteiger partial charge is 0.242 e. The van der Waals surface area contributed by atoms with E-state index >= 15 is 0 Å². The lowest BCUT2D eigenvalue weighted by Gasteiger charge is -2.45. The van der Waals surface area contributed by atoms with E-state index in [0.29, 0.717) is 29.8 Å². The van der Waals surface area contributed by atoms with Gasteiger partial charge in [-0.25, -0.2) is 0 Å². The Morgan fingerprint density at radius 1 is 1.22 bits per heavy atom. The van der Waals surface area contributed by atoms with Crippen LogP contribution < -0.4 is 5.32 Å². The van der Waals surface area contributed by atoms with Gasteiger partial charge in [-0.05, 0) is 43.4 Å². The van der Waals surface area contributed by atoms with Crippen molar-refractivity contribution in [1.29, 1.82) is 5.26 Å². The number of likely N-dealkylation sites (N-methyl/N-ethyl adjacent to an activating group) is 1. The highest BCUT2D eigenvalue weighted by molar-refractivity contribution is 6.31. The molecule has 2 saturated heterocycles. The predicted molar refractivity (Wildman–Crippen MR) is 136 cm³/mol. The Kier molecular flexibility index (Phi) is 8.50. The van der Waals surface area contributed by atoms with Crippen molar-refractivity contribution in [2.24, 2.45) is 5.92 Å². The van der Waals surface area contributed by atoms with Crippen LogP contribution in [0.2, 0.25) is 5.02 Å². The number of carbonyl (C=O) groups excluding carboxylic acids is 3. The van der Waals surface area contributed by atoms with Crippen molar-refractivity contribution in [2.75, 3.05) is 46.4 Å². The molecule has 0 aromatic heterocycles. The van der Waals surface area contributed by atoms with Crippen molar-refractivity contribution in [3.8, 4) is 6.07 Å². The lowest BCUT2D eigenvalue weighted by molar-refractivity contribution is -0.148. The highest BCUT2D eigenvalue weighted by Crippen LogP contribution is 2.32. The molecule has 2 aliphatic heterocycles. The number of carbonyl (C=O) groups is 3. The van der Waals surface area contributed by atoms with Crippen molar-refractivity contribution in [3.05, 3.63) is 34.3 Å². The maximum Gasteiger partial charge on any atom is 0.242 e. The van der Waals surface area contributed by atoms with Gasteiger partial charge >= 0.3 is 0 Å². The predicted octanol–water partition coefficient (Wildman–Crippen LogP) is 1.65. The zero-order valence-corrected chi connectivity index (χ0v) is 21.8. The minimum absolute atomic E-state index is 0.0253. The molecule has 1 aromatic carbocycles. The average Bonchev–Trinajstić information content (AvgIpc) is 3.12. The molecule has 194 valence electrons. The third kappa shape index (κ3) is 6.00. The summed E-state index contributed by atoms with van der Waals surface area (Å²) in [6.45, 7) is 5.70. The molecule has 3 aliphatic rings. The number of rotatable bonds is 5. The van der Waals surface area contributed by atoms with Gasteiger partial charge < -0.3 is 14.7 Å². The summed E-state index contributed by atoms with van der Waals surface area (Å²) in [7, 11) is 1.71. The molecule has 4 rings (SSSR count). The normalized spacial score (nSPS) is 25.1. The molecule has 1 saturated carbocycles. The molecule has 3 amide bonds. The first-order valence-electron chi connectivity index (χ1n) is 12.7. The number of hydrogen-bond donors (Lipinski definition) is 1. The van der Waals surface area contributed by atoms with E-state index in [2.05, 4.69) is 10.2 Å². The monoisotopic (exact) mass is 514 g/mol. The van der Waals surface area contributed by atoms with Crippen LogP contribution in [0.3, 0.4) is 0 Å². The Morgan fingerprint density at radius 3 is 2.75 bits per heavy atom. The molecule has 1 aromatic rings. The van der Waals surface area contributed by atoms with Gasteiger partial charge in [-0.15, -0.1) is 0 Å². The standard InChI is InChI=1S/C26H35ClN6O3/c1-18(34)31-8-3-9-32(11-10-31)21-6-7-24-22(13-21)26(36)33(17-29-24)16-25(35)30(2)15-19-4-5-20(14-28)23(27)12-19/h4-5,12,21-22,24,29H,3,6-11,13,15-17H2,1-2H3. The third-order valence-corrected chi connectivity index (χ3v) is 8.13. The van der Waals surface area contributed by atoms with Gasteiger partial charge in [0.25, 0.3) is 0 Å². The number of hydrogen-bond acceptors (Lipinski definition) is 6. The van der Waals surface area contributed by atoms with Crippen LogP contribution in [0.25, 0.3) is 0 Å². The summed E-state index contributed by atoms with van der Waals surface area (Å²) in [5.41, 5.74) is 1.23. The molecule has 0 radical (unpaired) electrons. The quantitative estimate of drug-likeness (QED) is 0.641. The van der Waals surface area contributed by atoms with E-state index in [4.69, 9.17) is 16.9 Å². The minimum atomic E-state index is -0.145. The second-order valence-corrected chi connectivity index (χ2v) is 10.6. The van der Waals surface area contributed by atoms with Gasteiger partial charge in [0.1, 0.15) is 12.6 Å². The lowest BCUT2D eigenvalue weighted by atomic mass is 9.79. The van der Waals surface area contributed by atoms with Crippen molar-refractivity contribution in [3.63, 3.8) is 0 Å². The van der Waals surface area contributed by atoms with E-state index < -0.39 is 0 Å². The summed E-state index contributed by atoms with van der Waals surface area (Å²) >= 11 is 6.12. The lowest BCUT2D eigenvalue weighted by Crippen LogP contribution is -2.61. The summed E-state index contributed by atoms with van der Waals surface area (Å²) in [5, 5.41) is 12.9. The Balaban J connectivity index is 1.33. The summed E-state index contributed by atoms with van der Waals surface area (Å²) in [6, 6.07) is 7.64. The molecule has 36 heavy (non-hydrogen) atoms. The van der Waals surface area contributed by atoms with E-state index in [9.17, 15) is 14.4 Å². The fourth-order valence-corrected chi connectivity index (χ4v) is 5.93. The molecule has 2 heterocycles. The third-order valence-electron chi connectivity index (χ3n) is 7.81. The van der Waals surface area contributed by atoms with Gasteiger partial charge in [0.05, 0.1) is 23.2 Å². The number of benzene rings is 1. The van der Waals surface area contributed by atoms with Crippen LogP contribution in [0.5, 0.6) is 0 Å². The molecule has 3 atom stereocenters. The van der Waals surface area contributed by atoms with Crippen molar-refractivity contribution in [1.82, 2.24) is 24.9 Å². The van der Waals surface area contributed by atoms with Crippen LogP contribution in [-0.2, 0) is 20.9 Å². The number of nitrogens with zero attached hydrogens (tertiary/aromatic N) is 5. The molecule has 0 bridgehead atoms. The molecule has 1 aliphatic carbocycles. The summed E-state index contributed by atoms with van der Waals surface area (Å²) in [4.78, 5) is 45.7. The Morgan fingerprint density at radius 2 is 2.03 bits per heavy atom. The van der Waals surface area contributed by atoms with Gasteiger partial charge in [0.15, 0.2) is 0 Å². The molecule has 0 spiro atoms. The number of fused-ring (bicyclic) bond motifs is 1. The Labute approximate surface area is 217 Å². The van der Waals surface area contributed by atoms with Crippen LogP contribution in [-0.4, -0.2) is 95.8 Å². The SMILES string of the molecule is CC(=O)N1CCCN(C2CCC3NCN(CC(=O)N(C)Cc4ccc(C#N)c(Cl)c4)C(=O)C3C2)CC1.